The van der Waals surface area contributed by atoms with Gasteiger partial charge in [-0.05, 0) is 33.6 Å². The van der Waals surface area contributed by atoms with Gasteiger partial charge in [-0.25, -0.2) is 0 Å². The molecule has 0 radical (unpaired) electrons. The largest absolute Gasteiger partial charge is 0.341 e. The standard InChI is InChI=1S/C14H27N3O2/c1-5-16(6-2)14(19)12-8-7-9-17(12)13(18)10(3)11(4)15/h10-12H,5-9,15H2,1-4H3. The molecule has 1 fully saturated rings. The van der Waals surface area contributed by atoms with Crippen LogP contribution in [-0.2, 0) is 9.59 Å². The molecule has 1 saturated heterocycles. The van der Waals surface area contributed by atoms with Crippen LogP contribution in [0.15, 0.2) is 0 Å². The number of hydrogen-bond acceptors (Lipinski definition) is 3. The summed E-state index contributed by atoms with van der Waals surface area (Å²) in [7, 11) is 0. The second-order valence-corrected chi connectivity index (χ2v) is 5.35. The Balaban J connectivity index is 2.79. The van der Waals surface area contributed by atoms with Crippen LogP contribution in [0.2, 0.25) is 0 Å². The zero-order chi connectivity index (χ0) is 14.6. The molecule has 1 heterocycles. The second-order valence-electron chi connectivity index (χ2n) is 5.35. The van der Waals surface area contributed by atoms with Gasteiger partial charge in [0.2, 0.25) is 11.8 Å². The van der Waals surface area contributed by atoms with E-state index in [1.807, 2.05) is 27.7 Å². The lowest BCUT2D eigenvalue weighted by molar-refractivity contribution is -0.145. The quantitative estimate of drug-likeness (QED) is 0.804. The van der Waals surface area contributed by atoms with Gasteiger partial charge in [-0.1, -0.05) is 6.92 Å². The van der Waals surface area contributed by atoms with E-state index in [9.17, 15) is 9.59 Å². The third kappa shape index (κ3) is 3.47. The van der Waals surface area contributed by atoms with Gasteiger partial charge in [-0.2, -0.15) is 0 Å². The molecule has 3 atom stereocenters. The monoisotopic (exact) mass is 269 g/mol. The topological polar surface area (TPSA) is 66.6 Å². The summed E-state index contributed by atoms with van der Waals surface area (Å²) in [6.45, 7) is 9.66. The second kappa shape index (κ2) is 6.89. The molecule has 1 rings (SSSR count). The van der Waals surface area contributed by atoms with Crippen LogP contribution in [0.25, 0.3) is 0 Å². The first-order valence-electron chi connectivity index (χ1n) is 7.28. The number of nitrogens with zero attached hydrogens (tertiary/aromatic N) is 2. The van der Waals surface area contributed by atoms with Crippen molar-refractivity contribution in [2.75, 3.05) is 19.6 Å². The third-order valence-corrected chi connectivity index (χ3v) is 4.07. The minimum Gasteiger partial charge on any atom is -0.341 e. The van der Waals surface area contributed by atoms with Gasteiger partial charge in [0.15, 0.2) is 0 Å². The van der Waals surface area contributed by atoms with Crippen LogP contribution < -0.4 is 5.73 Å². The molecular formula is C14H27N3O2. The lowest BCUT2D eigenvalue weighted by Crippen LogP contribution is -2.50. The molecule has 1 aliphatic heterocycles. The number of carbonyl (C=O) groups excluding carboxylic acids is 2. The van der Waals surface area contributed by atoms with Crippen molar-refractivity contribution in [3.05, 3.63) is 0 Å². The minimum absolute atomic E-state index is 0.0120. The molecule has 2 amide bonds. The Hall–Kier alpha value is -1.10. The number of rotatable bonds is 5. The highest BCUT2D eigenvalue weighted by Crippen LogP contribution is 2.22. The van der Waals surface area contributed by atoms with Gasteiger partial charge in [0.25, 0.3) is 0 Å². The first-order chi connectivity index (χ1) is 8.93. The van der Waals surface area contributed by atoms with Crippen LogP contribution in [-0.4, -0.2) is 53.3 Å². The first-order valence-corrected chi connectivity index (χ1v) is 7.28. The number of nitrogens with two attached hydrogens (primary N) is 1. The molecule has 5 nitrogen and oxygen atoms in total. The average Bonchev–Trinajstić information content (AvgIpc) is 2.87. The Morgan fingerprint density at radius 3 is 2.37 bits per heavy atom. The summed E-state index contributed by atoms with van der Waals surface area (Å²) < 4.78 is 0. The van der Waals surface area contributed by atoms with Crippen molar-refractivity contribution in [2.24, 2.45) is 11.7 Å². The van der Waals surface area contributed by atoms with Crippen LogP contribution in [0.3, 0.4) is 0 Å². The van der Waals surface area contributed by atoms with Crippen molar-refractivity contribution in [3.8, 4) is 0 Å². The molecule has 1 aliphatic rings. The van der Waals surface area contributed by atoms with Gasteiger partial charge in [0.05, 0.1) is 5.92 Å². The lowest BCUT2D eigenvalue weighted by Gasteiger charge is -2.31. The predicted molar refractivity (Wildman–Crippen MR) is 75.5 cm³/mol. The van der Waals surface area contributed by atoms with Gasteiger partial charge >= 0.3 is 0 Å². The molecule has 110 valence electrons. The van der Waals surface area contributed by atoms with Crippen LogP contribution in [0, 0.1) is 5.92 Å². The summed E-state index contributed by atoms with van der Waals surface area (Å²) in [6, 6.07) is -0.467. The lowest BCUT2D eigenvalue weighted by atomic mass is 10.0. The number of carbonyl (C=O) groups is 2. The molecule has 3 unspecified atom stereocenters. The van der Waals surface area contributed by atoms with E-state index in [1.165, 1.54) is 0 Å². The molecule has 0 aromatic rings. The summed E-state index contributed by atoms with van der Waals surface area (Å²) >= 11 is 0. The number of likely N-dealkylation sites (tertiary alicyclic amines) is 1. The van der Waals surface area contributed by atoms with Gasteiger partial charge < -0.3 is 15.5 Å². The Morgan fingerprint density at radius 1 is 1.32 bits per heavy atom. The highest BCUT2D eigenvalue weighted by Gasteiger charge is 2.37. The normalized spacial score (nSPS) is 22.2. The van der Waals surface area contributed by atoms with E-state index in [2.05, 4.69) is 0 Å². The summed E-state index contributed by atoms with van der Waals surface area (Å²) in [4.78, 5) is 28.3. The molecule has 0 aromatic carbocycles. The van der Waals surface area contributed by atoms with Crippen LogP contribution in [0.1, 0.15) is 40.5 Å². The minimum atomic E-state index is -0.284. The van der Waals surface area contributed by atoms with Crippen molar-refractivity contribution < 1.29 is 9.59 Å². The molecule has 0 aliphatic carbocycles. The Morgan fingerprint density at radius 2 is 1.89 bits per heavy atom. The van der Waals surface area contributed by atoms with Crippen molar-refractivity contribution >= 4 is 11.8 Å². The highest BCUT2D eigenvalue weighted by atomic mass is 16.2. The molecule has 0 saturated carbocycles. The number of amides is 2. The third-order valence-electron chi connectivity index (χ3n) is 4.07. The molecule has 0 aromatic heterocycles. The Kier molecular flexibility index (Phi) is 5.79. The van der Waals surface area contributed by atoms with Crippen LogP contribution in [0.5, 0.6) is 0 Å². The molecule has 0 bridgehead atoms. The zero-order valence-corrected chi connectivity index (χ0v) is 12.6. The fraction of sp³-hybridized carbons (Fsp3) is 0.857. The van der Waals surface area contributed by atoms with Crippen molar-refractivity contribution in [1.29, 1.82) is 0 Å². The molecule has 2 N–H and O–H groups in total. The highest BCUT2D eigenvalue weighted by molar-refractivity contribution is 5.89. The number of likely N-dealkylation sites (N-methyl/N-ethyl adjacent to an activating group) is 1. The van der Waals surface area contributed by atoms with E-state index < -0.39 is 0 Å². The maximum atomic E-state index is 12.4. The van der Waals surface area contributed by atoms with Crippen molar-refractivity contribution in [1.82, 2.24) is 9.80 Å². The average molecular weight is 269 g/mol. The van der Waals surface area contributed by atoms with Crippen molar-refractivity contribution in [3.63, 3.8) is 0 Å². The van der Waals surface area contributed by atoms with Gasteiger partial charge in [-0.15, -0.1) is 0 Å². The van der Waals surface area contributed by atoms with E-state index in [-0.39, 0.29) is 29.8 Å². The van der Waals surface area contributed by atoms with Crippen LogP contribution >= 0.6 is 0 Å². The summed E-state index contributed by atoms with van der Waals surface area (Å²) in [5, 5.41) is 0. The van der Waals surface area contributed by atoms with E-state index in [1.54, 1.807) is 9.80 Å². The maximum Gasteiger partial charge on any atom is 0.245 e. The zero-order valence-electron chi connectivity index (χ0n) is 12.6. The van der Waals surface area contributed by atoms with Crippen LogP contribution in [0.4, 0.5) is 0 Å². The smallest absolute Gasteiger partial charge is 0.245 e. The predicted octanol–water partition coefficient (Wildman–Crippen LogP) is 0.829. The van der Waals surface area contributed by atoms with Gasteiger partial charge in [-0.3, -0.25) is 9.59 Å². The molecular weight excluding hydrogens is 242 g/mol. The molecule has 19 heavy (non-hydrogen) atoms. The van der Waals surface area contributed by atoms with Gasteiger partial charge in [0.1, 0.15) is 6.04 Å². The van der Waals surface area contributed by atoms with E-state index in [0.29, 0.717) is 19.6 Å². The summed E-state index contributed by atoms with van der Waals surface area (Å²) in [5.74, 6) is -0.143. The molecule has 0 spiro atoms. The van der Waals surface area contributed by atoms with Gasteiger partial charge in [0, 0.05) is 25.7 Å². The number of hydrogen-bond donors (Lipinski definition) is 1. The fourth-order valence-electron chi connectivity index (χ4n) is 2.52. The Bertz CT molecular complexity index is 307. The SMILES string of the molecule is CCN(CC)C(=O)C1CCCN1C(=O)C(C)C(C)N. The van der Waals surface area contributed by atoms with E-state index in [0.717, 1.165) is 12.8 Å². The first kappa shape index (κ1) is 16.0. The summed E-state index contributed by atoms with van der Waals surface area (Å²) in [5.41, 5.74) is 5.80. The molecule has 5 heteroatoms. The van der Waals surface area contributed by atoms with E-state index in [4.69, 9.17) is 5.73 Å². The summed E-state index contributed by atoms with van der Waals surface area (Å²) in [6.07, 6.45) is 1.67. The maximum absolute atomic E-state index is 12.4. The van der Waals surface area contributed by atoms with E-state index >= 15 is 0 Å². The van der Waals surface area contributed by atoms with Crippen molar-refractivity contribution in [2.45, 2.75) is 52.6 Å². The Labute approximate surface area is 116 Å². The fourth-order valence-corrected chi connectivity index (χ4v) is 2.52.